The van der Waals surface area contributed by atoms with E-state index < -0.39 is 29.3 Å². The van der Waals surface area contributed by atoms with Gasteiger partial charge in [-0.15, -0.1) is 0 Å². The minimum Gasteiger partial charge on any atom is -0.462 e. The quantitative estimate of drug-likeness (QED) is 0.413. The molecule has 1 atom stereocenters. The number of hydrogen-bond donors (Lipinski definition) is 4. The minimum absolute atomic E-state index is 0.0346. The van der Waals surface area contributed by atoms with Gasteiger partial charge in [-0.2, -0.15) is 4.98 Å². The normalized spacial score (nSPS) is 14.5. The van der Waals surface area contributed by atoms with E-state index in [1.54, 1.807) is 19.1 Å². The van der Waals surface area contributed by atoms with Crippen LogP contribution in [-0.2, 0) is 14.3 Å². The first kappa shape index (κ1) is 22.7. The molecule has 2 aromatic carbocycles. The lowest BCUT2D eigenvalue weighted by Crippen LogP contribution is -2.36. The van der Waals surface area contributed by atoms with Gasteiger partial charge in [-0.3, -0.25) is 19.4 Å². The number of aromatic amines is 1. The lowest BCUT2D eigenvalue weighted by molar-refractivity contribution is -0.123. The van der Waals surface area contributed by atoms with Crippen molar-refractivity contribution in [1.29, 1.82) is 0 Å². The Kier molecular flexibility index (Phi) is 6.39. The molecule has 0 spiro atoms. The standard InChI is InChI=1S/C24H23N5O5/c1-3-34-23(33)14-6-10-15(11-7-14)25-21(31)17-12-18(30)27-20-19(17)22(32)29-24(28-20)26-16-8-4-13(2)5-9-16/h4-11,17H,3,12H2,1-2H3,(H,25,31)(H3,26,27,28,29,30,32)/t17-/m0/s1. The van der Waals surface area contributed by atoms with E-state index in [0.29, 0.717) is 16.9 Å². The van der Waals surface area contributed by atoms with E-state index in [1.165, 1.54) is 12.1 Å². The number of esters is 1. The first-order valence-electron chi connectivity index (χ1n) is 10.7. The minimum atomic E-state index is -1.03. The van der Waals surface area contributed by atoms with Crippen molar-refractivity contribution in [2.45, 2.75) is 26.2 Å². The highest BCUT2D eigenvalue weighted by molar-refractivity contribution is 6.04. The molecule has 34 heavy (non-hydrogen) atoms. The van der Waals surface area contributed by atoms with Gasteiger partial charge < -0.3 is 20.7 Å². The zero-order valence-electron chi connectivity index (χ0n) is 18.6. The zero-order valence-corrected chi connectivity index (χ0v) is 18.6. The fourth-order valence-electron chi connectivity index (χ4n) is 3.56. The molecular weight excluding hydrogens is 438 g/mol. The Morgan fingerprint density at radius 3 is 2.41 bits per heavy atom. The monoisotopic (exact) mass is 461 g/mol. The number of carbonyl (C=O) groups excluding carboxylic acids is 3. The number of anilines is 4. The maximum atomic E-state index is 13.0. The zero-order chi connectivity index (χ0) is 24.2. The Labute approximate surface area is 194 Å². The van der Waals surface area contributed by atoms with Gasteiger partial charge in [0.2, 0.25) is 17.8 Å². The van der Waals surface area contributed by atoms with Crippen LogP contribution in [0.25, 0.3) is 0 Å². The van der Waals surface area contributed by atoms with Gasteiger partial charge in [-0.25, -0.2) is 4.79 Å². The van der Waals surface area contributed by atoms with E-state index in [1.807, 2.05) is 31.2 Å². The summed E-state index contributed by atoms with van der Waals surface area (Å²) in [4.78, 5) is 56.8. The fraction of sp³-hybridized carbons (Fsp3) is 0.208. The first-order valence-corrected chi connectivity index (χ1v) is 10.7. The third-order valence-corrected chi connectivity index (χ3v) is 5.25. The number of amides is 2. The van der Waals surface area contributed by atoms with Crippen LogP contribution >= 0.6 is 0 Å². The molecule has 0 bridgehead atoms. The van der Waals surface area contributed by atoms with Crippen molar-refractivity contribution in [3.05, 3.63) is 75.6 Å². The van der Waals surface area contributed by atoms with Crippen LogP contribution in [0.1, 0.15) is 40.7 Å². The van der Waals surface area contributed by atoms with Crippen LogP contribution in [0.3, 0.4) is 0 Å². The number of fused-ring (bicyclic) bond motifs is 1. The number of nitrogens with zero attached hydrogens (tertiary/aromatic N) is 1. The highest BCUT2D eigenvalue weighted by Crippen LogP contribution is 2.30. The number of nitrogens with one attached hydrogen (secondary N) is 4. The summed E-state index contributed by atoms with van der Waals surface area (Å²) >= 11 is 0. The highest BCUT2D eigenvalue weighted by Gasteiger charge is 2.34. The summed E-state index contributed by atoms with van der Waals surface area (Å²) in [5.41, 5.74) is 2.08. The topological polar surface area (TPSA) is 142 Å². The summed E-state index contributed by atoms with van der Waals surface area (Å²) in [6, 6.07) is 13.6. The van der Waals surface area contributed by atoms with Crippen LogP contribution in [0.5, 0.6) is 0 Å². The molecule has 4 N–H and O–H groups in total. The molecule has 2 heterocycles. The average molecular weight is 461 g/mol. The Morgan fingerprint density at radius 1 is 1.06 bits per heavy atom. The SMILES string of the molecule is CCOC(=O)c1ccc(NC(=O)[C@H]2CC(=O)Nc3nc(Nc4ccc(C)cc4)[nH]c(=O)c32)cc1. The predicted octanol–water partition coefficient (Wildman–Crippen LogP) is 3.06. The molecule has 1 aromatic heterocycles. The van der Waals surface area contributed by atoms with Crippen molar-refractivity contribution in [3.63, 3.8) is 0 Å². The van der Waals surface area contributed by atoms with E-state index in [4.69, 9.17) is 4.74 Å². The van der Waals surface area contributed by atoms with Gasteiger partial charge in [-0.05, 0) is 50.2 Å². The molecule has 174 valence electrons. The van der Waals surface area contributed by atoms with Gasteiger partial charge in [-0.1, -0.05) is 17.7 Å². The lowest BCUT2D eigenvalue weighted by atomic mass is 9.92. The number of benzene rings is 2. The van der Waals surface area contributed by atoms with Crippen LogP contribution in [0, 0.1) is 6.92 Å². The third kappa shape index (κ3) is 4.96. The van der Waals surface area contributed by atoms with Gasteiger partial charge in [0.1, 0.15) is 5.82 Å². The number of ether oxygens (including phenoxy) is 1. The van der Waals surface area contributed by atoms with Crippen LogP contribution < -0.4 is 21.5 Å². The van der Waals surface area contributed by atoms with Crippen molar-refractivity contribution in [2.24, 2.45) is 0 Å². The van der Waals surface area contributed by atoms with Gasteiger partial charge in [0.25, 0.3) is 5.56 Å². The molecule has 0 saturated carbocycles. The molecule has 0 saturated heterocycles. The second kappa shape index (κ2) is 9.57. The molecule has 3 aromatic rings. The van der Waals surface area contributed by atoms with Crippen molar-refractivity contribution < 1.29 is 19.1 Å². The van der Waals surface area contributed by atoms with Crippen molar-refractivity contribution in [3.8, 4) is 0 Å². The Hall–Kier alpha value is -4.47. The van der Waals surface area contributed by atoms with Gasteiger partial charge in [0, 0.05) is 17.8 Å². The van der Waals surface area contributed by atoms with E-state index in [2.05, 4.69) is 25.9 Å². The van der Waals surface area contributed by atoms with Crippen molar-refractivity contribution in [1.82, 2.24) is 9.97 Å². The predicted molar refractivity (Wildman–Crippen MR) is 126 cm³/mol. The molecule has 0 aliphatic carbocycles. The van der Waals surface area contributed by atoms with Gasteiger partial charge >= 0.3 is 5.97 Å². The van der Waals surface area contributed by atoms with Crippen LogP contribution in [-0.4, -0.2) is 34.4 Å². The number of hydrogen-bond acceptors (Lipinski definition) is 7. The third-order valence-electron chi connectivity index (χ3n) is 5.25. The summed E-state index contributed by atoms with van der Waals surface area (Å²) in [6.45, 7) is 3.92. The largest absolute Gasteiger partial charge is 0.462 e. The molecule has 1 aliphatic rings. The van der Waals surface area contributed by atoms with E-state index >= 15 is 0 Å². The summed E-state index contributed by atoms with van der Waals surface area (Å²) in [7, 11) is 0. The highest BCUT2D eigenvalue weighted by atomic mass is 16.5. The Balaban J connectivity index is 1.55. The molecule has 10 nitrogen and oxygen atoms in total. The molecule has 0 radical (unpaired) electrons. The van der Waals surface area contributed by atoms with E-state index in [9.17, 15) is 19.2 Å². The van der Waals surface area contributed by atoms with Crippen molar-refractivity contribution in [2.75, 3.05) is 22.6 Å². The van der Waals surface area contributed by atoms with Crippen LogP contribution in [0.15, 0.2) is 53.3 Å². The second-order valence-electron chi connectivity index (χ2n) is 7.76. The van der Waals surface area contributed by atoms with E-state index in [0.717, 1.165) is 5.56 Å². The van der Waals surface area contributed by atoms with E-state index in [-0.39, 0.29) is 30.4 Å². The lowest BCUT2D eigenvalue weighted by Gasteiger charge is -2.23. The number of carbonyl (C=O) groups is 3. The van der Waals surface area contributed by atoms with Crippen LogP contribution in [0.2, 0.25) is 0 Å². The molecule has 1 aliphatic heterocycles. The Bertz CT molecular complexity index is 1300. The first-order chi connectivity index (χ1) is 16.3. The summed E-state index contributed by atoms with van der Waals surface area (Å²) in [6.07, 6.45) is -0.199. The summed E-state index contributed by atoms with van der Waals surface area (Å²) in [5.74, 6) is -2.28. The van der Waals surface area contributed by atoms with Gasteiger partial charge in [0.15, 0.2) is 0 Å². The molecule has 4 rings (SSSR count). The molecule has 10 heteroatoms. The van der Waals surface area contributed by atoms with Crippen molar-refractivity contribution >= 4 is 40.9 Å². The van der Waals surface area contributed by atoms with Crippen LogP contribution in [0.4, 0.5) is 23.1 Å². The maximum absolute atomic E-state index is 13.0. The summed E-state index contributed by atoms with van der Waals surface area (Å²) in [5, 5.41) is 8.25. The number of aryl methyl sites for hydroxylation is 1. The maximum Gasteiger partial charge on any atom is 0.338 e. The smallest absolute Gasteiger partial charge is 0.338 e. The average Bonchev–Trinajstić information content (AvgIpc) is 2.80. The number of aromatic nitrogens is 2. The number of rotatable bonds is 6. The second-order valence-corrected chi connectivity index (χ2v) is 7.76. The molecule has 2 amide bonds. The molecule has 0 fully saturated rings. The molecule has 0 unspecified atom stereocenters. The molecular formula is C24H23N5O5. The summed E-state index contributed by atoms with van der Waals surface area (Å²) < 4.78 is 4.94. The number of H-pyrrole nitrogens is 1. The van der Waals surface area contributed by atoms with Gasteiger partial charge in [0.05, 0.1) is 23.7 Å². The fourth-order valence-corrected chi connectivity index (χ4v) is 3.56. The Morgan fingerprint density at radius 2 is 1.74 bits per heavy atom.